The Morgan fingerprint density at radius 2 is 1.90 bits per heavy atom. The van der Waals surface area contributed by atoms with Gasteiger partial charge in [-0.1, -0.05) is 29.8 Å². The van der Waals surface area contributed by atoms with E-state index >= 15 is 0 Å². The number of nitrogens with one attached hydrogen (secondary N) is 1. The van der Waals surface area contributed by atoms with E-state index in [0.29, 0.717) is 0 Å². The number of halogens is 3. The number of hydrogen-bond donors (Lipinski definition) is 2. The van der Waals surface area contributed by atoms with E-state index in [1.807, 2.05) is 0 Å². The number of hydrazine groups is 1. The highest BCUT2D eigenvalue weighted by molar-refractivity contribution is 6.31. The maximum absolute atomic E-state index is 14.3. The van der Waals surface area contributed by atoms with Gasteiger partial charge in [-0.05, 0) is 18.2 Å². The lowest BCUT2D eigenvalue weighted by atomic mass is 9.98. The first-order chi connectivity index (χ1) is 9.60. The van der Waals surface area contributed by atoms with Gasteiger partial charge in [0.1, 0.15) is 5.82 Å². The molecule has 1 unspecified atom stereocenters. The van der Waals surface area contributed by atoms with Crippen LogP contribution in [0, 0.1) is 11.6 Å². The molecule has 0 amide bonds. The third-order valence-electron chi connectivity index (χ3n) is 2.98. The highest BCUT2D eigenvalue weighted by Crippen LogP contribution is 2.33. The summed E-state index contributed by atoms with van der Waals surface area (Å²) in [5.74, 6) is 4.32. The van der Waals surface area contributed by atoms with Crippen molar-refractivity contribution in [2.24, 2.45) is 5.84 Å². The maximum Gasteiger partial charge on any atom is 0.170 e. The molecule has 3 nitrogen and oxygen atoms in total. The number of methoxy groups -OCH3 is 1. The molecule has 106 valence electrons. The van der Waals surface area contributed by atoms with E-state index in [4.69, 9.17) is 22.2 Å². The van der Waals surface area contributed by atoms with Gasteiger partial charge >= 0.3 is 0 Å². The fourth-order valence-electron chi connectivity index (χ4n) is 2.02. The second kappa shape index (κ2) is 6.17. The Kier molecular flexibility index (Phi) is 4.54. The molecule has 0 aliphatic heterocycles. The number of ether oxygens (including phenoxy) is 1. The normalized spacial score (nSPS) is 12.2. The number of nitrogens with two attached hydrogens (primary N) is 1. The molecular formula is C14H13ClF2N2O. The average molecular weight is 299 g/mol. The summed E-state index contributed by atoms with van der Waals surface area (Å²) in [5.41, 5.74) is 2.63. The molecule has 1 atom stereocenters. The molecular weight excluding hydrogens is 286 g/mol. The molecule has 2 aromatic rings. The Morgan fingerprint density at radius 3 is 2.50 bits per heavy atom. The van der Waals surface area contributed by atoms with Crippen molar-refractivity contribution in [1.29, 1.82) is 0 Å². The van der Waals surface area contributed by atoms with Gasteiger partial charge in [0, 0.05) is 16.1 Å². The molecule has 2 aromatic carbocycles. The lowest BCUT2D eigenvalue weighted by Crippen LogP contribution is -2.30. The van der Waals surface area contributed by atoms with Crippen LogP contribution in [0.25, 0.3) is 0 Å². The summed E-state index contributed by atoms with van der Waals surface area (Å²) in [6, 6.07) is 7.86. The van der Waals surface area contributed by atoms with E-state index < -0.39 is 17.7 Å². The lowest BCUT2D eigenvalue weighted by molar-refractivity contribution is 0.381. The Balaban J connectivity index is 2.59. The molecule has 0 saturated carbocycles. The molecule has 3 N–H and O–H groups in total. The van der Waals surface area contributed by atoms with Crippen LogP contribution in [0.15, 0.2) is 36.4 Å². The monoisotopic (exact) mass is 298 g/mol. The van der Waals surface area contributed by atoms with E-state index in [0.717, 1.165) is 0 Å². The van der Waals surface area contributed by atoms with Gasteiger partial charge in [0.05, 0.1) is 13.2 Å². The molecule has 0 radical (unpaired) electrons. The van der Waals surface area contributed by atoms with Crippen LogP contribution >= 0.6 is 11.6 Å². The van der Waals surface area contributed by atoms with Gasteiger partial charge in [0.25, 0.3) is 0 Å². The molecule has 6 heteroatoms. The van der Waals surface area contributed by atoms with Crippen molar-refractivity contribution in [3.63, 3.8) is 0 Å². The Labute approximate surface area is 120 Å². The van der Waals surface area contributed by atoms with Gasteiger partial charge in [0.15, 0.2) is 11.6 Å². The van der Waals surface area contributed by atoms with Crippen LogP contribution in [0.4, 0.5) is 8.78 Å². The van der Waals surface area contributed by atoms with Gasteiger partial charge in [-0.15, -0.1) is 0 Å². The summed E-state index contributed by atoms with van der Waals surface area (Å²) >= 11 is 5.99. The Hall–Kier alpha value is -1.69. The van der Waals surface area contributed by atoms with Crippen molar-refractivity contribution in [3.8, 4) is 5.75 Å². The summed E-state index contributed by atoms with van der Waals surface area (Å²) in [6.45, 7) is 0. The summed E-state index contributed by atoms with van der Waals surface area (Å²) < 4.78 is 33.1. The third kappa shape index (κ3) is 2.60. The Bertz CT molecular complexity index is 602. The third-order valence-corrected chi connectivity index (χ3v) is 3.31. The molecule has 20 heavy (non-hydrogen) atoms. The zero-order valence-electron chi connectivity index (χ0n) is 10.7. The summed E-state index contributed by atoms with van der Waals surface area (Å²) in [4.78, 5) is 0. The van der Waals surface area contributed by atoms with Crippen LogP contribution in [0.1, 0.15) is 17.2 Å². The van der Waals surface area contributed by atoms with Crippen molar-refractivity contribution in [2.45, 2.75) is 6.04 Å². The second-order valence-corrected chi connectivity index (χ2v) is 4.51. The van der Waals surface area contributed by atoms with Gasteiger partial charge < -0.3 is 4.74 Å². The van der Waals surface area contributed by atoms with Gasteiger partial charge in [-0.25, -0.2) is 14.2 Å². The lowest BCUT2D eigenvalue weighted by Gasteiger charge is -2.20. The largest absolute Gasteiger partial charge is 0.494 e. The average Bonchev–Trinajstić information content (AvgIpc) is 2.44. The van der Waals surface area contributed by atoms with E-state index in [-0.39, 0.29) is 21.9 Å². The fourth-order valence-corrected chi connectivity index (χ4v) is 2.30. The minimum atomic E-state index is -0.918. The van der Waals surface area contributed by atoms with Crippen LogP contribution < -0.4 is 16.0 Å². The van der Waals surface area contributed by atoms with Crippen molar-refractivity contribution in [3.05, 3.63) is 64.2 Å². The van der Waals surface area contributed by atoms with E-state index in [1.54, 1.807) is 6.07 Å². The molecule has 0 saturated heterocycles. The number of benzene rings is 2. The van der Waals surface area contributed by atoms with Crippen LogP contribution in [0.3, 0.4) is 0 Å². The second-order valence-electron chi connectivity index (χ2n) is 4.10. The zero-order valence-corrected chi connectivity index (χ0v) is 11.4. The standard InChI is InChI=1S/C14H13ClF2N2O/c1-20-11-7-2-4-8(13(11)17)14(19-18)12-9(15)5-3-6-10(12)16/h2-7,14,19H,18H2,1H3. The molecule has 0 fully saturated rings. The number of rotatable bonds is 4. The van der Waals surface area contributed by atoms with E-state index in [9.17, 15) is 8.78 Å². The fraction of sp³-hybridized carbons (Fsp3) is 0.143. The first-order valence-electron chi connectivity index (χ1n) is 5.82. The summed E-state index contributed by atoms with van der Waals surface area (Å²) in [7, 11) is 1.35. The molecule has 0 bridgehead atoms. The minimum Gasteiger partial charge on any atom is -0.494 e. The van der Waals surface area contributed by atoms with Crippen LogP contribution in [0.2, 0.25) is 5.02 Å². The van der Waals surface area contributed by atoms with Crippen molar-refractivity contribution in [1.82, 2.24) is 5.43 Å². The maximum atomic E-state index is 14.3. The van der Waals surface area contributed by atoms with Crippen molar-refractivity contribution in [2.75, 3.05) is 7.11 Å². The predicted molar refractivity (Wildman–Crippen MR) is 73.5 cm³/mol. The van der Waals surface area contributed by atoms with Crippen molar-refractivity contribution >= 4 is 11.6 Å². The highest BCUT2D eigenvalue weighted by atomic mass is 35.5. The molecule has 0 spiro atoms. The number of hydrogen-bond acceptors (Lipinski definition) is 3. The van der Waals surface area contributed by atoms with Crippen molar-refractivity contribution < 1.29 is 13.5 Å². The smallest absolute Gasteiger partial charge is 0.170 e. The SMILES string of the molecule is COc1cccc(C(NN)c2c(F)cccc2Cl)c1F. The van der Waals surface area contributed by atoms with Crippen LogP contribution in [-0.2, 0) is 0 Å². The summed E-state index contributed by atoms with van der Waals surface area (Å²) in [5, 5.41) is 0.162. The van der Waals surface area contributed by atoms with Crippen LogP contribution in [-0.4, -0.2) is 7.11 Å². The van der Waals surface area contributed by atoms with Gasteiger partial charge in [0.2, 0.25) is 0 Å². The molecule has 0 aromatic heterocycles. The zero-order chi connectivity index (χ0) is 14.7. The van der Waals surface area contributed by atoms with E-state index in [1.165, 1.54) is 37.4 Å². The van der Waals surface area contributed by atoms with Gasteiger partial charge in [-0.3, -0.25) is 5.84 Å². The first-order valence-corrected chi connectivity index (χ1v) is 6.20. The van der Waals surface area contributed by atoms with Gasteiger partial charge in [-0.2, -0.15) is 0 Å². The topological polar surface area (TPSA) is 47.3 Å². The summed E-state index contributed by atoms with van der Waals surface area (Å²) in [6.07, 6.45) is 0. The Morgan fingerprint density at radius 1 is 1.20 bits per heavy atom. The molecule has 0 aliphatic carbocycles. The predicted octanol–water partition coefficient (Wildman–Crippen LogP) is 3.18. The van der Waals surface area contributed by atoms with E-state index in [2.05, 4.69) is 5.43 Å². The highest BCUT2D eigenvalue weighted by Gasteiger charge is 2.24. The molecule has 0 heterocycles. The molecule has 0 aliphatic rings. The quantitative estimate of drug-likeness (QED) is 0.673. The first kappa shape index (κ1) is 14.7. The molecule has 2 rings (SSSR count). The van der Waals surface area contributed by atoms with Crippen LogP contribution in [0.5, 0.6) is 5.75 Å². The minimum absolute atomic E-state index is 0.0511.